The zero-order valence-electron chi connectivity index (χ0n) is 7.95. The molecule has 0 N–H and O–H groups in total. The zero-order valence-corrected chi connectivity index (χ0v) is 10.3. The number of benzene rings is 1. The predicted octanol–water partition coefficient (Wildman–Crippen LogP) is 4.15. The first-order valence-corrected chi connectivity index (χ1v) is 5.98. The third kappa shape index (κ3) is 1.95. The van der Waals surface area contributed by atoms with Gasteiger partial charge < -0.3 is 0 Å². The van der Waals surface area contributed by atoms with Crippen molar-refractivity contribution in [3.05, 3.63) is 32.5 Å². The highest BCUT2D eigenvalue weighted by Gasteiger charge is 2.23. The summed E-state index contributed by atoms with van der Waals surface area (Å²) in [6.07, 6.45) is 2.71. The van der Waals surface area contributed by atoms with Gasteiger partial charge in [-0.05, 0) is 41.3 Å². The van der Waals surface area contributed by atoms with Crippen molar-refractivity contribution in [1.82, 2.24) is 0 Å². The van der Waals surface area contributed by atoms with E-state index in [1.165, 1.54) is 6.07 Å². The Kier molecular flexibility index (Phi) is 3.12. The molecule has 80 valence electrons. The summed E-state index contributed by atoms with van der Waals surface area (Å²) in [5.41, 5.74) is 0.853. The van der Waals surface area contributed by atoms with Gasteiger partial charge in [0.1, 0.15) is 5.82 Å². The molecule has 0 unspecified atom stereocenters. The molecular formula is C11H9BrClFO. The molecule has 0 aliphatic heterocycles. The minimum Gasteiger partial charge on any atom is -0.294 e. The lowest BCUT2D eigenvalue weighted by molar-refractivity contribution is 0.0981. The van der Waals surface area contributed by atoms with Crippen LogP contribution in [0, 0.1) is 5.82 Å². The van der Waals surface area contributed by atoms with E-state index in [0.717, 1.165) is 12.8 Å². The summed E-state index contributed by atoms with van der Waals surface area (Å²) in [5.74, 6) is -0.385. The number of carbonyl (C=O) groups is 1. The van der Waals surface area contributed by atoms with Gasteiger partial charge in [0.05, 0.1) is 5.02 Å². The van der Waals surface area contributed by atoms with Crippen LogP contribution in [0.2, 0.25) is 5.02 Å². The van der Waals surface area contributed by atoms with E-state index in [-0.39, 0.29) is 11.6 Å². The topological polar surface area (TPSA) is 17.1 Å². The monoisotopic (exact) mass is 290 g/mol. The summed E-state index contributed by atoms with van der Waals surface area (Å²) < 4.78 is 14.1. The molecule has 15 heavy (non-hydrogen) atoms. The molecule has 0 spiro atoms. The molecule has 0 heterocycles. The molecule has 0 bridgehead atoms. The van der Waals surface area contributed by atoms with E-state index in [1.807, 2.05) is 0 Å². The van der Waals surface area contributed by atoms with Crippen molar-refractivity contribution in [3.63, 3.8) is 0 Å². The molecule has 4 heteroatoms. The highest BCUT2D eigenvalue weighted by Crippen LogP contribution is 2.34. The van der Waals surface area contributed by atoms with Gasteiger partial charge in [-0.3, -0.25) is 4.79 Å². The predicted molar refractivity (Wildman–Crippen MR) is 61.0 cm³/mol. The number of hydrogen-bond acceptors (Lipinski definition) is 1. The van der Waals surface area contributed by atoms with E-state index in [2.05, 4.69) is 15.9 Å². The summed E-state index contributed by atoms with van der Waals surface area (Å²) in [5, 5.41) is 0.346. The number of ketones is 1. The molecule has 2 rings (SSSR count). The second kappa shape index (κ2) is 4.22. The van der Waals surface area contributed by atoms with Gasteiger partial charge in [0, 0.05) is 22.0 Å². The fourth-order valence-corrected chi connectivity index (χ4v) is 2.55. The second-order valence-electron chi connectivity index (χ2n) is 3.64. The Morgan fingerprint density at radius 1 is 1.33 bits per heavy atom. The molecule has 1 nitrogen and oxygen atoms in total. The van der Waals surface area contributed by atoms with Crippen LogP contribution in [0.3, 0.4) is 0 Å². The fraction of sp³-hybridized carbons (Fsp3) is 0.364. The summed E-state index contributed by atoms with van der Waals surface area (Å²) >= 11 is 9.17. The Balaban J connectivity index is 2.69. The lowest BCUT2D eigenvalue weighted by Crippen LogP contribution is -2.04. The van der Waals surface area contributed by atoms with E-state index >= 15 is 0 Å². The molecule has 0 saturated heterocycles. The van der Waals surface area contributed by atoms with Gasteiger partial charge >= 0.3 is 0 Å². The molecule has 0 fully saturated rings. The highest BCUT2D eigenvalue weighted by molar-refractivity contribution is 9.10. The number of fused-ring (bicyclic) bond motifs is 1. The Bertz CT molecular complexity index is 431. The van der Waals surface area contributed by atoms with Gasteiger partial charge in [-0.25, -0.2) is 4.39 Å². The van der Waals surface area contributed by atoms with Gasteiger partial charge in [-0.2, -0.15) is 0 Å². The molecule has 0 saturated carbocycles. The zero-order chi connectivity index (χ0) is 11.0. The smallest absolute Gasteiger partial charge is 0.164 e. The average Bonchev–Trinajstić information content (AvgIpc) is 2.37. The number of hydrogen-bond donors (Lipinski definition) is 0. The van der Waals surface area contributed by atoms with E-state index in [1.54, 1.807) is 0 Å². The van der Waals surface area contributed by atoms with E-state index < -0.39 is 0 Å². The minimum atomic E-state index is -0.337. The van der Waals surface area contributed by atoms with Crippen molar-refractivity contribution in [1.29, 1.82) is 0 Å². The lowest BCUT2D eigenvalue weighted by atomic mass is 10.0. The first kappa shape index (κ1) is 11.1. The number of rotatable bonds is 0. The number of halogens is 3. The third-order valence-corrected chi connectivity index (χ3v) is 3.88. The summed E-state index contributed by atoms with van der Waals surface area (Å²) in [7, 11) is 0. The first-order chi connectivity index (χ1) is 7.11. The molecular weight excluding hydrogens is 282 g/mol. The Hall–Kier alpha value is -0.410. The minimum absolute atomic E-state index is 0.0484. The van der Waals surface area contributed by atoms with Crippen molar-refractivity contribution >= 4 is 33.3 Å². The molecule has 0 atom stereocenters. The summed E-state index contributed by atoms with van der Waals surface area (Å²) in [4.78, 5) is 11.8. The van der Waals surface area contributed by atoms with Crippen molar-refractivity contribution in [2.45, 2.75) is 25.7 Å². The van der Waals surface area contributed by atoms with Gasteiger partial charge in [-0.15, -0.1) is 0 Å². The Morgan fingerprint density at radius 3 is 2.73 bits per heavy atom. The van der Waals surface area contributed by atoms with E-state index in [0.29, 0.717) is 33.5 Å². The van der Waals surface area contributed by atoms with E-state index in [4.69, 9.17) is 11.6 Å². The number of Topliss-reactive ketones (excluding diaryl/α,β-unsaturated/α-hetero) is 1. The van der Waals surface area contributed by atoms with Gasteiger partial charge in [0.2, 0.25) is 0 Å². The van der Waals surface area contributed by atoms with Crippen LogP contribution in [-0.4, -0.2) is 5.78 Å². The van der Waals surface area contributed by atoms with Gasteiger partial charge in [0.15, 0.2) is 5.78 Å². The number of carbonyl (C=O) groups excluding carboxylic acids is 1. The standard InChI is InChI=1S/C11H9BrClFO/c12-7-5-8(14)6-3-1-2-4-9(15)10(6)11(7)13/h5H,1-4H2. The quantitative estimate of drug-likeness (QED) is 0.518. The third-order valence-electron chi connectivity index (χ3n) is 2.63. The normalized spacial score (nSPS) is 16.1. The van der Waals surface area contributed by atoms with Crippen LogP contribution >= 0.6 is 27.5 Å². The summed E-state index contributed by atoms with van der Waals surface area (Å²) in [6.45, 7) is 0. The molecule has 0 radical (unpaired) electrons. The second-order valence-corrected chi connectivity index (χ2v) is 4.87. The molecule has 1 aromatic rings. The molecule has 1 aliphatic carbocycles. The Labute approximate surface area is 101 Å². The first-order valence-electron chi connectivity index (χ1n) is 4.81. The van der Waals surface area contributed by atoms with Crippen molar-refractivity contribution in [2.24, 2.45) is 0 Å². The maximum absolute atomic E-state index is 13.6. The van der Waals surface area contributed by atoms with Gasteiger partial charge in [-0.1, -0.05) is 11.6 Å². The maximum Gasteiger partial charge on any atom is 0.164 e. The van der Waals surface area contributed by atoms with Crippen molar-refractivity contribution < 1.29 is 9.18 Å². The SMILES string of the molecule is O=C1CCCCc2c(F)cc(Br)c(Cl)c21. The summed E-state index contributed by atoms with van der Waals surface area (Å²) in [6, 6.07) is 1.33. The van der Waals surface area contributed by atoms with Crippen LogP contribution in [0.4, 0.5) is 4.39 Å². The van der Waals surface area contributed by atoms with Gasteiger partial charge in [0.25, 0.3) is 0 Å². The lowest BCUT2D eigenvalue weighted by Gasteiger charge is -2.09. The van der Waals surface area contributed by atoms with Crippen LogP contribution < -0.4 is 0 Å². The maximum atomic E-state index is 13.6. The molecule has 0 amide bonds. The average molecular weight is 292 g/mol. The van der Waals surface area contributed by atoms with Crippen LogP contribution in [0.15, 0.2) is 10.5 Å². The molecule has 1 aliphatic rings. The largest absolute Gasteiger partial charge is 0.294 e. The van der Waals surface area contributed by atoms with Crippen molar-refractivity contribution in [3.8, 4) is 0 Å². The molecule has 0 aromatic heterocycles. The molecule has 1 aromatic carbocycles. The van der Waals surface area contributed by atoms with Crippen LogP contribution in [0.5, 0.6) is 0 Å². The fourth-order valence-electron chi connectivity index (χ4n) is 1.88. The highest BCUT2D eigenvalue weighted by atomic mass is 79.9. The van der Waals surface area contributed by atoms with Crippen LogP contribution in [-0.2, 0) is 6.42 Å². The van der Waals surface area contributed by atoms with E-state index in [9.17, 15) is 9.18 Å². The Morgan fingerprint density at radius 2 is 2.00 bits per heavy atom. The van der Waals surface area contributed by atoms with Crippen LogP contribution in [0.1, 0.15) is 35.2 Å². The van der Waals surface area contributed by atoms with Crippen molar-refractivity contribution in [2.75, 3.05) is 0 Å². The van der Waals surface area contributed by atoms with Crippen LogP contribution in [0.25, 0.3) is 0 Å².